The maximum Gasteiger partial charge on any atom is 0.500 e. The third-order valence-corrected chi connectivity index (χ3v) is 7.63. The first-order valence-corrected chi connectivity index (χ1v) is 11.9. The van der Waals surface area contributed by atoms with Crippen LogP contribution in [0.3, 0.4) is 0 Å². The fourth-order valence-corrected chi connectivity index (χ4v) is 6.21. The average molecular weight is 391 g/mol. The zero-order valence-corrected chi connectivity index (χ0v) is 18.7. The number of benzene rings is 1. The van der Waals surface area contributed by atoms with Crippen molar-refractivity contribution in [3.63, 3.8) is 0 Å². The summed E-state index contributed by atoms with van der Waals surface area (Å²) in [5.41, 5.74) is 5.03. The van der Waals surface area contributed by atoms with Crippen molar-refractivity contribution in [3.05, 3.63) is 47.9 Å². The van der Waals surface area contributed by atoms with Gasteiger partial charge in [0.25, 0.3) is 0 Å². The molecule has 0 unspecified atom stereocenters. The van der Waals surface area contributed by atoms with Gasteiger partial charge in [-0.3, -0.25) is 0 Å². The zero-order chi connectivity index (χ0) is 19.9. The van der Waals surface area contributed by atoms with E-state index >= 15 is 0 Å². The van der Waals surface area contributed by atoms with Gasteiger partial charge in [0.15, 0.2) is 0 Å². The van der Waals surface area contributed by atoms with Gasteiger partial charge >= 0.3 is 8.80 Å². The first-order valence-electron chi connectivity index (χ1n) is 9.94. The number of hydrogen-bond donors (Lipinski definition) is 0. The van der Waals surface area contributed by atoms with Crippen molar-refractivity contribution in [2.24, 2.45) is 0 Å². The van der Waals surface area contributed by atoms with Crippen LogP contribution in [0.5, 0.6) is 0 Å². The lowest BCUT2D eigenvalue weighted by molar-refractivity contribution is 0.0704. The minimum Gasteiger partial charge on any atom is -0.374 e. The highest BCUT2D eigenvalue weighted by atomic mass is 28.4. The van der Waals surface area contributed by atoms with Crippen molar-refractivity contribution >= 4 is 14.5 Å². The molecule has 0 spiro atoms. The molecule has 5 nitrogen and oxygen atoms in total. The van der Waals surface area contributed by atoms with Crippen LogP contribution in [0, 0.1) is 27.4 Å². The molecule has 0 saturated heterocycles. The fourth-order valence-electron chi connectivity index (χ4n) is 3.62. The lowest BCUT2D eigenvalue weighted by Gasteiger charge is -2.29. The number of nitrogens with zero attached hydrogens (tertiary/aromatic N) is 2. The minimum absolute atomic E-state index is 0.619. The molecule has 0 atom stereocenters. The molecule has 1 aliphatic heterocycles. The van der Waals surface area contributed by atoms with Crippen molar-refractivity contribution in [1.29, 1.82) is 0 Å². The van der Waals surface area contributed by atoms with E-state index in [1.165, 1.54) is 22.4 Å². The zero-order valence-electron chi connectivity index (χ0n) is 17.7. The second kappa shape index (κ2) is 10.3. The van der Waals surface area contributed by atoms with Gasteiger partial charge < -0.3 is 23.1 Å². The Kier molecular flexibility index (Phi) is 8.35. The quantitative estimate of drug-likeness (QED) is 0.514. The Hall–Kier alpha value is -1.34. The standard InChI is InChI=1S/C21H34N2O3Si/c1-7-24-27(25-8-2,26-9-3)14-10-11-22-12-13-23(17-22)21-19(5)15-18(4)16-20(21)6/h12-13,15-16H,7-11,14H2,1-6H3. The van der Waals surface area contributed by atoms with Crippen molar-refractivity contribution in [2.75, 3.05) is 31.3 Å². The third-order valence-electron chi connectivity index (χ3n) is 4.48. The van der Waals surface area contributed by atoms with E-state index in [1.807, 2.05) is 20.8 Å². The number of aryl methyl sites for hydroxylation is 3. The molecule has 0 N–H and O–H groups in total. The van der Waals surface area contributed by atoms with Gasteiger partial charge in [-0.15, -0.1) is 0 Å². The van der Waals surface area contributed by atoms with Gasteiger partial charge in [0, 0.05) is 50.5 Å². The summed E-state index contributed by atoms with van der Waals surface area (Å²) in [6.45, 7) is 18.6. The summed E-state index contributed by atoms with van der Waals surface area (Å²) in [5, 5.41) is 0. The molecule has 0 amide bonds. The van der Waals surface area contributed by atoms with Crippen LogP contribution < -0.4 is 4.90 Å². The predicted molar refractivity (Wildman–Crippen MR) is 112 cm³/mol. The summed E-state index contributed by atoms with van der Waals surface area (Å²) in [6, 6.07) is 5.25. The smallest absolute Gasteiger partial charge is 0.374 e. The van der Waals surface area contributed by atoms with Crippen LogP contribution in [0.1, 0.15) is 43.9 Å². The van der Waals surface area contributed by atoms with Crippen LogP contribution in [-0.4, -0.2) is 40.1 Å². The Balaban J connectivity index is 1.92. The van der Waals surface area contributed by atoms with Gasteiger partial charge in [0.05, 0.1) is 0 Å². The summed E-state index contributed by atoms with van der Waals surface area (Å²) < 4.78 is 17.8. The lowest BCUT2D eigenvalue weighted by atomic mass is 10.0. The van der Waals surface area contributed by atoms with E-state index in [0.29, 0.717) is 19.8 Å². The summed E-state index contributed by atoms with van der Waals surface area (Å²) in [7, 11) is -2.56. The molecule has 2 rings (SSSR count). The maximum absolute atomic E-state index is 5.94. The highest BCUT2D eigenvalue weighted by Gasteiger charge is 2.39. The molecule has 0 aliphatic carbocycles. The van der Waals surface area contributed by atoms with Crippen molar-refractivity contribution in [1.82, 2.24) is 4.90 Å². The Morgan fingerprint density at radius 1 is 0.889 bits per heavy atom. The Morgan fingerprint density at radius 2 is 1.44 bits per heavy atom. The van der Waals surface area contributed by atoms with Crippen molar-refractivity contribution in [2.45, 2.75) is 54.0 Å². The molecule has 0 aromatic heterocycles. The predicted octanol–water partition coefficient (Wildman–Crippen LogP) is 4.64. The van der Waals surface area contributed by atoms with E-state index in [1.54, 1.807) is 0 Å². The van der Waals surface area contributed by atoms with Gasteiger partial charge in [-0.1, -0.05) is 17.7 Å². The Morgan fingerprint density at radius 3 is 1.96 bits per heavy atom. The van der Waals surface area contributed by atoms with Crippen LogP contribution in [0.2, 0.25) is 6.04 Å². The second-order valence-corrected chi connectivity index (χ2v) is 9.53. The van der Waals surface area contributed by atoms with Crippen LogP contribution >= 0.6 is 0 Å². The van der Waals surface area contributed by atoms with E-state index in [9.17, 15) is 0 Å². The van der Waals surface area contributed by atoms with E-state index < -0.39 is 8.80 Å². The topological polar surface area (TPSA) is 34.2 Å². The van der Waals surface area contributed by atoms with Crippen molar-refractivity contribution < 1.29 is 13.3 Å². The molecule has 1 aromatic rings. The van der Waals surface area contributed by atoms with Gasteiger partial charge in [-0.2, -0.15) is 0 Å². The molecule has 0 saturated carbocycles. The molecular formula is C21H34N2O3Si. The highest BCUT2D eigenvalue weighted by molar-refractivity contribution is 6.60. The molecular weight excluding hydrogens is 356 g/mol. The van der Waals surface area contributed by atoms with Gasteiger partial charge in [0.2, 0.25) is 6.67 Å². The van der Waals surface area contributed by atoms with Gasteiger partial charge in [-0.05, 0) is 59.1 Å². The average Bonchev–Trinajstić information content (AvgIpc) is 3.03. The Labute approximate surface area is 166 Å². The van der Waals surface area contributed by atoms with Crippen molar-refractivity contribution in [3.8, 4) is 0 Å². The number of hydrogen-bond acceptors (Lipinski definition) is 5. The first kappa shape index (κ1) is 22.0. The summed E-state index contributed by atoms with van der Waals surface area (Å²) in [6.07, 6.45) is 5.08. The Bertz CT molecular complexity index is 596. The van der Waals surface area contributed by atoms with Crippen LogP contribution in [0.15, 0.2) is 24.5 Å². The number of anilines is 1. The van der Waals surface area contributed by atoms with Crippen LogP contribution in [0.25, 0.3) is 0 Å². The fraction of sp³-hybridized carbons (Fsp3) is 0.571. The molecule has 2 radical (unpaired) electrons. The summed E-state index contributed by atoms with van der Waals surface area (Å²) in [4.78, 5) is 4.18. The summed E-state index contributed by atoms with van der Waals surface area (Å²) in [5.74, 6) is 0. The van der Waals surface area contributed by atoms with Gasteiger partial charge in [0.1, 0.15) is 0 Å². The van der Waals surface area contributed by atoms with E-state index in [4.69, 9.17) is 13.3 Å². The normalized spacial score (nSPS) is 14.4. The minimum atomic E-state index is -2.56. The largest absolute Gasteiger partial charge is 0.500 e. The SMILES string of the molecule is CCO[Si](CCCN1[C]N(c2c(C)cc(C)cc2C)C=C1)(OCC)OCC. The highest BCUT2D eigenvalue weighted by Crippen LogP contribution is 2.30. The van der Waals surface area contributed by atoms with E-state index in [-0.39, 0.29) is 0 Å². The van der Waals surface area contributed by atoms with E-state index in [2.05, 4.69) is 61.8 Å². The molecule has 1 heterocycles. The molecule has 1 aromatic carbocycles. The first-order chi connectivity index (χ1) is 12.9. The monoisotopic (exact) mass is 390 g/mol. The molecule has 150 valence electrons. The van der Waals surface area contributed by atoms with E-state index in [0.717, 1.165) is 19.0 Å². The number of rotatable bonds is 11. The third kappa shape index (κ3) is 5.81. The molecule has 0 bridgehead atoms. The summed E-state index contributed by atoms with van der Waals surface area (Å²) >= 11 is 0. The van der Waals surface area contributed by atoms with Crippen LogP contribution in [0.4, 0.5) is 5.69 Å². The molecule has 27 heavy (non-hydrogen) atoms. The maximum atomic E-state index is 5.94. The second-order valence-electron chi connectivity index (χ2n) is 6.79. The molecule has 6 heteroatoms. The molecule has 1 aliphatic rings. The van der Waals surface area contributed by atoms with Gasteiger partial charge in [-0.25, -0.2) is 0 Å². The molecule has 0 fully saturated rings. The van der Waals surface area contributed by atoms with Crippen LogP contribution in [-0.2, 0) is 13.3 Å². The lowest BCUT2D eigenvalue weighted by Crippen LogP contribution is -2.46.